The largest absolute Gasteiger partial charge is 0.0888 e. The Morgan fingerprint density at radius 1 is 1.00 bits per heavy atom. The van der Waals surface area contributed by atoms with E-state index in [1.807, 2.05) is 0 Å². The Hall–Kier alpha value is -1.04. The number of rotatable bonds is 5. The molecule has 0 fully saturated rings. The van der Waals surface area contributed by atoms with Crippen LogP contribution >= 0.6 is 0 Å². The highest BCUT2D eigenvalue weighted by Crippen LogP contribution is 2.11. The fourth-order valence-electron chi connectivity index (χ4n) is 1.67. The molecule has 0 saturated carbocycles. The van der Waals surface area contributed by atoms with E-state index in [0.717, 1.165) is 12.8 Å². The van der Waals surface area contributed by atoms with Gasteiger partial charge < -0.3 is 0 Å². The zero-order chi connectivity index (χ0) is 10.2. The summed E-state index contributed by atoms with van der Waals surface area (Å²) in [5, 5.41) is 0. The maximum Gasteiger partial charge on any atom is -0.0241 e. The first-order valence-electron chi connectivity index (χ1n) is 5.60. The average molecular weight is 188 g/mol. The van der Waals surface area contributed by atoms with Crippen molar-refractivity contribution in [2.75, 3.05) is 0 Å². The predicted molar refractivity (Wildman–Crippen MR) is 63.6 cm³/mol. The fraction of sp³-hybridized carbons (Fsp3) is 0.429. The summed E-state index contributed by atoms with van der Waals surface area (Å²) in [6.45, 7) is 4.40. The van der Waals surface area contributed by atoms with Crippen molar-refractivity contribution in [3.05, 3.63) is 47.5 Å². The topological polar surface area (TPSA) is 0 Å². The molecular formula is C14H20. The molecule has 0 aliphatic rings. The van der Waals surface area contributed by atoms with Gasteiger partial charge in [0.25, 0.3) is 0 Å². The highest BCUT2D eigenvalue weighted by atomic mass is 14.0. The SMILES string of the molecule is CC/C=C/CCc1ccccc1CC. The number of benzene rings is 1. The van der Waals surface area contributed by atoms with Gasteiger partial charge in [0.05, 0.1) is 0 Å². The molecule has 76 valence electrons. The molecule has 1 rings (SSSR count). The van der Waals surface area contributed by atoms with Crippen LogP contribution in [0.5, 0.6) is 0 Å². The summed E-state index contributed by atoms with van der Waals surface area (Å²) in [4.78, 5) is 0. The molecule has 0 spiro atoms. The molecule has 0 unspecified atom stereocenters. The summed E-state index contributed by atoms with van der Waals surface area (Å²) < 4.78 is 0. The molecular weight excluding hydrogens is 168 g/mol. The fourth-order valence-corrected chi connectivity index (χ4v) is 1.67. The van der Waals surface area contributed by atoms with Gasteiger partial charge in [-0.3, -0.25) is 0 Å². The zero-order valence-electron chi connectivity index (χ0n) is 9.29. The second kappa shape index (κ2) is 6.42. The van der Waals surface area contributed by atoms with Crippen molar-refractivity contribution in [2.24, 2.45) is 0 Å². The van der Waals surface area contributed by atoms with Crippen molar-refractivity contribution in [3.63, 3.8) is 0 Å². The van der Waals surface area contributed by atoms with Crippen LogP contribution in [0.15, 0.2) is 36.4 Å². The minimum Gasteiger partial charge on any atom is -0.0888 e. The van der Waals surface area contributed by atoms with E-state index in [0.29, 0.717) is 0 Å². The highest BCUT2D eigenvalue weighted by Gasteiger charge is 1.97. The van der Waals surface area contributed by atoms with E-state index >= 15 is 0 Å². The molecule has 0 aliphatic heterocycles. The van der Waals surface area contributed by atoms with Gasteiger partial charge in [0.2, 0.25) is 0 Å². The molecule has 0 radical (unpaired) electrons. The lowest BCUT2D eigenvalue weighted by atomic mass is 10.0. The lowest BCUT2D eigenvalue weighted by Gasteiger charge is -2.05. The van der Waals surface area contributed by atoms with E-state index in [1.54, 1.807) is 0 Å². The van der Waals surface area contributed by atoms with Crippen LogP contribution in [-0.4, -0.2) is 0 Å². The first kappa shape index (κ1) is 11.0. The smallest absolute Gasteiger partial charge is 0.0241 e. The third-order valence-electron chi connectivity index (χ3n) is 2.48. The van der Waals surface area contributed by atoms with Crippen LogP contribution in [0.3, 0.4) is 0 Å². The molecule has 0 atom stereocenters. The maximum atomic E-state index is 2.28. The molecule has 0 N–H and O–H groups in total. The van der Waals surface area contributed by atoms with Crippen molar-refractivity contribution >= 4 is 0 Å². The highest BCUT2D eigenvalue weighted by molar-refractivity contribution is 5.27. The summed E-state index contributed by atoms with van der Waals surface area (Å²) >= 11 is 0. The summed E-state index contributed by atoms with van der Waals surface area (Å²) in [6.07, 6.45) is 9.18. The summed E-state index contributed by atoms with van der Waals surface area (Å²) in [5.41, 5.74) is 3.01. The Labute approximate surface area is 87.7 Å². The number of hydrogen-bond acceptors (Lipinski definition) is 0. The molecule has 0 bridgehead atoms. The third-order valence-corrected chi connectivity index (χ3v) is 2.48. The molecule has 0 heterocycles. The van der Waals surface area contributed by atoms with Gasteiger partial charge in [0, 0.05) is 0 Å². The second-order valence-electron chi connectivity index (χ2n) is 3.54. The summed E-state index contributed by atoms with van der Waals surface area (Å²) in [5.74, 6) is 0. The van der Waals surface area contributed by atoms with E-state index in [2.05, 4.69) is 50.3 Å². The second-order valence-corrected chi connectivity index (χ2v) is 3.54. The Bertz CT molecular complexity index is 284. The standard InChI is InChI=1S/C14H20/c1-3-5-6-7-11-14-12-9-8-10-13(14)4-2/h5-6,8-10,12H,3-4,7,11H2,1-2H3/b6-5+. The van der Waals surface area contributed by atoms with Gasteiger partial charge in [0.1, 0.15) is 0 Å². The lowest BCUT2D eigenvalue weighted by molar-refractivity contribution is 0.955. The van der Waals surface area contributed by atoms with Crippen LogP contribution in [-0.2, 0) is 12.8 Å². The average Bonchev–Trinajstić information content (AvgIpc) is 2.25. The van der Waals surface area contributed by atoms with Crippen LogP contribution in [0.1, 0.15) is 37.8 Å². The molecule has 0 heteroatoms. The maximum absolute atomic E-state index is 2.28. The number of hydrogen-bond donors (Lipinski definition) is 0. The van der Waals surface area contributed by atoms with E-state index in [-0.39, 0.29) is 0 Å². The third kappa shape index (κ3) is 3.37. The van der Waals surface area contributed by atoms with Gasteiger partial charge >= 0.3 is 0 Å². The van der Waals surface area contributed by atoms with Gasteiger partial charge in [-0.25, -0.2) is 0 Å². The van der Waals surface area contributed by atoms with Crippen molar-refractivity contribution < 1.29 is 0 Å². The number of allylic oxidation sites excluding steroid dienone is 2. The Balaban J connectivity index is 2.53. The van der Waals surface area contributed by atoms with Gasteiger partial charge in [-0.2, -0.15) is 0 Å². The Kier molecular flexibility index (Phi) is 5.06. The van der Waals surface area contributed by atoms with Crippen molar-refractivity contribution in [2.45, 2.75) is 39.5 Å². The summed E-state index contributed by atoms with van der Waals surface area (Å²) in [6, 6.07) is 8.75. The van der Waals surface area contributed by atoms with Gasteiger partial charge in [-0.1, -0.05) is 50.3 Å². The summed E-state index contributed by atoms with van der Waals surface area (Å²) in [7, 11) is 0. The normalized spacial score (nSPS) is 11.0. The Morgan fingerprint density at radius 2 is 1.71 bits per heavy atom. The van der Waals surface area contributed by atoms with Crippen molar-refractivity contribution in [1.29, 1.82) is 0 Å². The van der Waals surface area contributed by atoms with E-state index < -0.39 is 0 Å². The molecule has 0 nitrogen and oxygen atoms in total. The van der Waals surface area contributed by atoms with Crippen LogP contribution in [0, 0.1) is 0 Å². The van der Waals surface area contributed by atoms with E-state index in [1.165, 1.54) is 24.0 Å². The molecule has 1 aromatic rings. The van der Waals surface area contributed by atoms with E-state index in [9.17, 15) is 0 Å². The van der Waals surface area contributed by atoms with Crippen LogP contribution < -0.4 is 0 Å². The molecule has 0 saturated heterocycles. The predicted octanol–water partition coefficient (Wildman–Crippen LogP) is 4.15. The monoisotopic (exact) mass is 188 g/mol. The molecule has 0 amide bonds. The molecule has 0 aromatic heterocycles. The molecule has 0 aliphatic carbocycles. The Morgan fingerprint density at radius 3 is 2.36 bits per heavy atom. The minimum absolute atomic E-state index is 1.15. The quantitative estimate of drug-likeness (QED) is 0.609. The number of aryl methyl sites for hydroxylation is 2. The molecule has 14 heavy (non-hydrogen) atoms. The first-order chi connectivity index (χ1) is 6.88. The first-order valence-corrected chi connectivity index (χ1v) is 5.60. The van der Waals surface area contributed by atoms with Gasteiger partial charge in [-0.15, -0.1) is 0 Å². The van der Waals surface area contributed by atoms with Gasteiger partial charge in [0.15, 0.2) is 0 Å². The van der Waals surface area contributed by atoms with Crippen molar-refractivity contribution in [3.8, 4) is 0 Å². The van der Waals surface area contributed by atoms with E-state index in [4.69, 9.17) is 0 Å². The molecule has 1 aromatic carbocycles. The van der Waals surface area contributed by atoms with Crippen LogP contribution in [0.25, 0.3) is 0 Å². The zero-order valence-corrected chi connectivity index (χ0v) is 9.29. The van der Waals surface area contributed by atoms with Crippen LogP contribution in [0.2, 0.25) is 0 Å². The minimum atomic E-state index is 1.15. The van der Waals surface area contributed by atoms with Crippen LogP contribution in [0.4, 0.5) is 0 Å². The van der Waals surface area contributed by atoms with Crippen molar-refractivity contribution in [1.82, 2.24) is 0 Å². The van der Waals surface area contributed by atoms with Gasteiger partial charge in [-0.05, 0) is 36.8 Å². The lowest BCUT2D eigenvalue weighted by Crippen LogP contribution is -1.91.